The number of carbonyl (C=O) groups is 2. The Bertz CT molecular complexity index is 1220. The Morgan fingerprint density at radius 2 is 1.55 bits per heavy atom. The second-order valence-electron chi connectivity index (χ2n) is 6.42. The number of benzene rings is 3. The summed E-state index contributed by atoms with van der Waals surface area (Å²) in [5, 5.41) is 13.0. The zero-order valence-corrected chi connectivity index (χ0v) is 17.3. The molecule has 0 bridgehead atoms. The topological polar surface area (TPSA) is 116 Å². The SMILES string of the molecule is CN(c1ccc(C(=O)N/N=C\c2ccccc2C(=O)O)cc1)S(=O)(=O)c1ccccc1. The van der Waals surface area contributed by atoms with E-state index in [-0.39, 0.29) is 16.0 Å². The number of hydrazone groups is 1. The molecule has 3 aromatic rings. The first-order valence-corrected chi connectivity index (χ1v) is 10.5. The third-order valence-electron chi connectivity index (χ3n) is 4.46. The van der Waals surface area contributed by atoms with Crippen LogP contribution < -0.4 is 9.73 Å². The van der Waals surface area contributed by atoms with Crippen molar-refractivity contribution >= 4 is 33.8 Å². The first-order valence-electron chi connectivity index (χ1n) is 9.10. The van der Waals surface area contributed by atoms with Crippen molar-refractivity contribution in [2.24, 2.45) is 5.10 Å². The van der Waals surface area contributed by atoms with Gasteiger partial charge in [-0.25, -0.2) is 18.6 Å². The summed E-state index contributed by atoms with van der Waals surface area (Å²) < 4.78 is 26.5. The molecule has 0 saturated carbocycles. The molecule has 0 heterocycles. The van der Waals surface area contributed by atoms with Crippen LogP contribution >= 0.6 is 0 Å². The second-order valence-corrected chi connectivity index (χ2v) is 8.39. The number of hydrogen-bond acceptors (Lipinski definition) is 5. The summed E-state index contributed by atoms with van der Waals surface area (Å²) >= 11 is 0. The number of carboxylic acid groups (broad SMARTS) is 1. The molecular weight excluding hydrogens is 418 g/mol. The average Bonchev–Trinajstić information content (AvgIpc) is 2.79. The minimum Gasteiger partial charge on any atom is -0.478 e. The normalized spacial score (nSPS) is 11.3. The van der Waals surface area contributed by atoms with Crippen LogP contribution in [0.1, 0.15) is 26.3 Å². The van der Waals surface area contributed by atoms with Gasteiger partial charge in [0.25, 0.3) is 15.9 Å². The first kappa shape index (κ1) is 21.7. The van der Waals surface area contributed by atoms with E-state index in [4.69, 9.17) is 5.11 Å². The minimum atomic E-state index is -3.72. The largest absolute Gasteiger partial charge is 0.478 e. The first-order chi connectivity index (χ1) is 14.8. The highest BCUT2D eigenvalue weighted by Gasteiger charge is 2.21. The van der Waals surface area contributed by atoms with Crippen LogP contribution in [0.4, 0.5) is 5.69 Å². The number of hydrogen-bond donors (Lipinski definition) is 2. The number of sulfonamides is 1. The van der Waals surface area contributed by atoms with E-state index < -0.39 is 21.9 Å². The molecule has 0 fully saturated rings. The van der Waals surface area contributed by atoms with Gasteiger partial charge in [0.05, 0.1) is 22.4 Å². The van der Waals surface area contributed by atoms with Gasteiger partial charge in [0.2, 0.25) is 0 Å². The molecule has 0 aliphatic carbocycles. The molecule has 0 spiro atoms. The molecule has 9 heteroatoms. The Labute approximate surface area is 179 Å². The second kappa shape index (κ2) is 9.23. The summed E-state index contributed by atoms with van der Waals surface area (Å²) in [6, 6.07) is 20.3. The Morgan fingerprint density at radius 3 is 2.19 bits per heavy atom. The van der Waals surface area contributed by atoms with Gasteiger partial charge >= 0.3 is 5.97 Å². The number of aromatic carboxylic acids is 1. The molecule has 3 aromatic carbocycles. The molecule has 31 heavy (non-hydrogen) atoms. The van der Waals surface area contributed by atoms with Crippen LogP contribution in [0.25, 0.3) is 0 Å². The smallest absolute Gasteiger partial charge is 0.336 e. The predicted octanol–water partition coefficient (Wildman–Crippen LogP) is 2.97. The zero-order valence-electron chi connectivity index (χ0n) is 16.5. The summed E-state index contributed by atoms with van der Waals surface area (Å²) in [4.78, 5) is 23.6. The van der Waals surface area contributed by atoms with Gasteiger partial charge in [-0.2, -0.15) is 5.10 Å². The lowest BCUT2D eigenvalue weighted by atomic mass is 10.1. The maximum Gasteiger partial charge on any atom is 0.336 e. The highest BCUT2D eigenvalue weighted by Crippen LogP contribution is 2.22. The van der Waals surface area contributed by atoms with Crippen LogP contribution in [0.3, 0.4) is 0 Å². The fourth-order valence-electron chi connectivity index (χ4n) is 2.74. The van der Waals surface area contributed by atoms with Gasteiger partial charge in [0.1, 0.15) is 0 Å². The molecule has 8 nitrogen and oxygen atoms in total. The van der Waals surface area contributed by atoms with Crippen molar-refractivity contribution < 1.29 is 23.1 Å². The standard InChI is InChI=1S/C22H19N3O5S/c1-25(31(29,30)19-8-3-2-4-9-19)18-13-11-16(12-14-18)21(26)24-23-15-17-7-5-6-10-20(17)22(27)28/h2-15H,1H3,(H,24,26)(H,27,28)/b23-15-. The number of anilines is 1. The predicted molar refractivity (Wildman–Crippen MR) is 117 cm³/mol. The van der Waals surface area contributed by atoms with E-state index in [2.05, 4.69) is 10.5 Å². The van der Waals surface area contributed by atoms with Crippen LogP contribution in [0, 0.1) is 0 Å². The van der Waals surface area contributed by atoms with E-state index in [1.807, 2.05) is 0 Å². The lowest BCUT2D eigenvalue weighted by molar-refractivity contribution is 0.0696. The van der Waals surface area contributed by atoms with Crippen molar-refractivity contribution in [1.82, 2.24) is 5.43 Å². The van der Waals surface area contributed by atoms with Gasteiger partial charge < -0.3 is 5.11 Å². The van der Waals surface area contributed by atoms with Gasteiger partial charge in [0, 0.05) is 18.2 Å². The molecule has 0 unspecified atom stereocenters. The molecule has 3 rings (SSSR count). The molecule has 0 aliphatic rings. The van der Waals surface area contributed by atoms with Gasteiger partial charge in [-0.3, -0.25) is 9.10 Å². The number of carboxylic acids is 1. The van der Waals surface area contributed by atoms with Gasteiger partial charge in [-0.05, 0) is 42.5 Å². The summed E-state index contributed by atoms with van der Waals surface area (Å²) in [5.74, 6) is -1.62. The molecule has 0 radical (unpaired) electrons. The van der Waals surface area contributed by atoms with Crippen LogP contribution in [0.15, 0.2) is 88.9 Å². The molecule has 0 atom stereocenters. The average molecular weight is 437 g/mol. The quantitative estimate of drug-likeness (QED) is 0.435. The Hall–Kier alpha value is -3.98. The van der Waals surface area contributed by atoms with Gasteiger partial charge in [-0.1, -0.05) is 36.4 Å². The molecule has 1 amide bonds. The van der Waals surface area contributed by atoms with Crippen LogP contribution in [0.5, 0.6) is 0 Å². The third kappa shape index (κ3) is 4.96. The van der Waals surface area contributed by atoms with Gasteiger partial charge in [0.15, 0.2) is 0 Å². The number of carbonyl (C=O) groups excluding carboxylic acids is 1. The van der Waals surface area contributed by atoms with E-state index in [0.717, 1.165) is 4.31 Å². The summed E-state index contributed by atoms with van der Waals surface area (Å²) in [6.07, 6.45) is 1.25. The number of nitrogens with zero attached hydrogens (tertiary/aromatic N) is 2. The Kier molecular flexibility index (Phi) is 6.46. The number of rotatable bonds is 7. The maximum atomic E-state index is 12.7. The number of nitrogens with one attached hydrogen (secondary N) is 1. The van der Waals surface area contributed by atoms with E-state index in [0.29, 0.717) is 11.3 Å². The molecule has 0 saturated heterocycles. The lowest BCUT2D eigenvalue weighted by Crippen LogP contribution is -2.26. The molecule has 0 aromatic heterocycles. The van der Waals surface area contributed by atoms with Crippen LogP contribution in [-0.2, 0) is 10.0 Å². The van der Waals surface area contributed by atoms with Crippen LogP contribution in [-0.4, -0.2) is 38.7 Å². The Balaban J connectivity index is 1.70. The van der Waals surface area contributed by atoms with Crippen molar-refractivity contribution in [3.05, 3.63) is 95.6 Å². The van der Waals surface area contributed by atoms with Crippen LogP contribution in [0.2, 0.25) is 0 Å². The molecular formula is C22H19N3O5S. The Morgan fingerprint density at radius 1 is 0.935 bits per heavy atom. The van der Waals surface area contributed by atoms with Crippen molar-refractivity contribution in [3.63, 3.8) is 0 Å². The van der Waals surface area contributed by atoms with Gasteiger partial charge in [-0.15, -0.1) is 0 Å². The fraction of sp³-hybridized carbons (Fsp3) is 0.0455. The van der Waals surface area contributed by atoms with Crippen molar-refractivity contribution in [1.29, 1.82) is 0 Å². The van der Waals surface area contributed by atoms with E-state index in [1.165, 1.54) is 55.7 Å². The van der Waals surface area contributed by atoms with Crippen molar-refractivity contribution in [3.8, 4) is 0 Å². The zero-order chi connectivity index (χ0) is 22.4. The minimum absolute atomic E-state index is 0.0625. The molecule has 158 valence electrons. The highest BCUT2D eigenvalue weighted by atomic mass is 32.2. The lowest BCUT2D eigenvalue weighted by Gasteiger charge is -2.19. The molecule has 0 aliphatic heterocycles. The maximum absolute atomic E-state index is 12.7. The van der Waals surface area contributed by atoms with Crippen molar-refractivity contribution in [2.75, 3.05) is 11.4 Å². The molecule has 2 N–H and O–H groups in total. The third-order valence-corrected chi connectivity index (χ3v) is 6.26. The number of amides is 1. The monoisotopic (exact) mass is 437 g/mol. The van der Waals surface area contributed by atoms with E-state index >= 15 is 0 Å². The highest BCUT2D eigenvalue weighted by molar-refractivity contribution is 7.92. The fourth-order valence-corrected chi connectivity index (χ4v) is 3.96. The summed E-state index contributed by atoms with van der Waals surface area (Å²) in [5.41, 5.74) is 3.38. The summed E-state index contributed by atoms with van der Waals surface area (Å²) in [7, 11) is -2.29. The summed E-state index contributed by atoms with van der Waals surface area (Å²) in [6.45, 7) is 0. The van der Waals surface area contributed by atoms with E-state index in [1.54, 1.807) is 36.4 Å². The van der Waals surface area contributed by atoms with Crippen molar-refractivity contribution in [2.45, 2.75) is 4.90 Å². The van der Waals surface area contributed by atoms with E-state index in [9.17, 15) is 18.0 Å².